The van der Waals surface area contributed by atoms with E-state index in [1.54, 1.807) is 25.1 Å². The Balaban J connectivity index is 2.55. The summed E-state index contributed by atoms with van der Waals surface area (Å²) in [6, 6.07) is 4.92. The van der Waals surface area contributed by atoms with Crippen molar-refractivity contribution in [2.24, 2.45) is 5.41 Å². The van der Waals surface area contributed by atoms with Crippen LogP contribution in [-0.4, -0.2) is 44.1 Å². The lowest BCUT2D eigenvalue weighted by molar-refractivity contribution is -0.127. The SMILES string of the molecule is CC(Oc1ccc(Cl)cc1Cl)C(=O)NCC(C)(C)CN(C)C. The van der Waals surface area contributed by atoms with Crippen LogP contribution in [-0.2, 0) is 4.79 Å². The molecule has 0 fully saturated rings. The van der Waals surface area contributed by atoms with Gasteiger partial charge in [-0.3, -0.25) is 4.79 Å². The average Bonchev–Trinajstić information content (AvgIpc) is 2.37. The van der Waals surface area contributed by atoms with Crippen molar-refractivity contribution in [3.63, 3.8) is 0 Å². The number of carbonyl (C=O) groups excluding carboxylic acids is 1. The number of rotatable bonds is 7. The summed E-state index contributed by atoms with van der Waals surface area (Å²) in [5.74, 6) is 0.277. The third kappa shape index (κ3) is 6.42. The Morgan fingerprint density at radius 3 is 2.55 bits per heavy atom. The molecule has 1 amide bonds. The van der Waals surface area contributed by atoms with Crippen molar-refractivity contribution in [3.05, 3.63) is 28.2 Å². The van der Waals surface area contributed by atoms with Gasteiger partial charge in [-0.1, -0.05) is 37.0 Å². The van der Waals surface area contributed by atoms with E-state index >= 15 is 0 Å². The van der Waals surface area contributed by atoms with Gasteiger partial charge in [0.25, 0.3) is 5.91 Å². The van der Waals surface area contributed by atoms with E-state index in [9.17, 15) is 4.79 Å². The van der Waals surface area contributed by atoms with Crippen LogP contribution in [0.3, 0.4) is 0 Å². The third-order valence-electron chi connectivity index (χ3n) is 3.05. The smallest absolute Gasteiger partial charge is 0.260 e. The Labute approximate surface area is 142 Å². The molecular weight excluding hydrogens is 323 g/mol. The lowest BCUT2D eigenvalue weighted by atomic mass is 9.93. The highest BCUT2D eigenvalue weighted by molar-refractivity contribution is 6.35. The molecule has 0 aliphatic carbocycles. The number of nitrogens with one attached hydrogen (secondary N) is 1. The number of carbonyl (C=O) groups is 1. The van der Waals surface area contributed by atoms with Gasteiger partial charge in [0.2, 0.25) is 0 Å². The first-order valence-corrected chi connectivity index (χ1v) is 7.90. The van der Waals surface area contributed by atoms with Crippen molar-refractivity contribution in [1.29, 1.82) is 0 Å². The van der Waals surface area contributed by atoms with E-state index in [0.717, 1.165) is 6.54 Å². The van der Waals surface area contributed by atoms with Crippen molar-refractivity contribution in [2.45, 2.75) is 26.9 Å². The molecule has 124 valence electrons. The molecule has 1 atom stereocenters. The molecule has 0 radical (unpaired) electrons. The van der Waals surface area contributed by atoms with Crippen LogP contribution in [0, 0.1) is 5.41 Å². The number of ether oxygens (including phenoxy) is 1. The average molecular weight is 347 g/mol. The summed E-state index contributed by atoms with van der Waals surface area (Å²) in [5, 5.41) is 3.84. The molecule has 0 saturated heterocycles. The van der Waals surface area contributed by atoms with E-state index in [4.69, 9.17) is 27.9 Å². The van der Waals surface area contributed by atoms with Gasteiger partial charge >= 0.3 is 0 Å². The maximum atomic E-state index is 12.1. The zero-order chi connectivity index (χ0) is 16.9. The summed E-state index contributed by atoms with van der Waals surface area (Å²) in [5.41, 5.74) is -0.0171. The number of nitrogens with zero attached hydrogens (tertiary/aromatic N) is 1. The van der Waals surface area contributed by atoms with Crippen molar-refractivity contribution in [3.8, 4) is 5.75 Å². The highest BCUT2D eigenvalue weighted by Crippen LogP contribution is 2.28. The van der Waals surface area contributed by atoms with Crippen molar-refractivity contribution < 1.29 is 9.53 Å². The van der Waals surface area contributed by atoms with Crippen molar-refractivity contribution in [2.75, 3.05) is 27.2 Å². The van der Waals surface area contributed by atoms with Crippen LogP contribution in [0.25, 0.3) is 0 Å². The minimum absolute atomic E-state index is 0.0171. The Hall–Kier alpha value is -0.970. The minimum atomic E-state index is -0.631. The molecule has 0 saturated carbocycles. The molecule has 1 rings (SSSR count). The van der Waals surface area contributed by atoms with E-state index in [2.05, 4.69) is 24.1 Å². The topological polar surface area (TPSA) is 41.6 Å². The van der Waals surface area contributed by atoms with Crippen LogP contribution in [0.2, 0.25) is 10.0 Å². The van der Waals surface area contributed by atoms with Gasteiger partial charge in [-0.05, 0) is 44.6 Å². The second-order valence-electron chi connectivity index (χ2n) is 6.45. The predicted molar refractivity (Wildman–Crippen MR) is 91.9 cm³/mol. The summed E-state index contributed by atoms with van der Waals surface area (Å²) in [6.45, 7) is 7.36. The normalized spacial score (nSPS) is 13.1. The summed E-state index contributed by atoms with van der Waals surface area (Å²) in [6.07, 6.45) is -0.631. The van der Waals surface area contributed by atoms with Gasteiger partial charge in [-0.15, -0.1) is 0 Å². The molecule has 4 nitrogen and oxygen atoms in total. The molecule has 0 heterocycles. The van der Waals surface area contributed by atoms with Gasteiger partial charge in [0.1, 0.15) is 5.75 Å². The Kier molecular flexibility index (Phi) is 6.98. The maximum Gasteiger partial charge on any atom is 0.260 e. The third-order valence-corrected chi connectivity index (χ3v) is 3.58. The molecule has 6 heteroatoms. The predicted octanol–water partition coefficient (Wildman–Crippen LogP) is 3.46. The van der Waals surface area contributed by atoms with Crippen molar-refractivity contribution >= 4 is 29.1 Å². The van der Waals surface area contributed by atoms with Crippen LogP contribution in [0.5, 0.6) is 5.75 Å². The quantitative estimate of drug-likeness (QED) is 0.821. The van der Waals surface area contributed by atoms with E-state index in [0.29, 0.717) is 22.3 Å². The Morgan fingerprint density at radius 2 is 2.00 bits per heavy atom. The standard InChI is InChI=1S/C16H24Cl2N2O2/c1-11(22-14-7-6-12(17)8-13(14)18)15(21)19-9-16(2,3)10-20(4)5/h6-8,11H,9-10H2,1-5H3,(H,19,21). The van der Waals surface area contributed by atoms with E-state index in [1.165, 1.54) is 0 Å². The number of hydrogen-bond acceptors (Lipinski definition) is 3. The van der Waals surface area contributed by atoms with Crippen LogP contribution in [0.15, 0.2) is 18.2 Å². The van der Waals surface area contributed by atoms with Crippen LogP contribution in [0.1, 0.15) is 20.8 Å². The molecule has 0 aromatic heterocycles. The molecule has 0 aliphatic rings. The summed E-state index contributed by atoms with van der Waals surface area (Å²) in [7, 11) is 4.02. The molecule has 0 spiro atoms. The Bertz CT molecular complexity index is 519. The summed E-state index contributed by atoms with van der Waals surface area (Å²) in [4.78, 5) is 14.2. The first kappa shape index (κ1) is 19.1. The first-order chi connectivity index (χ1) is 10.1. The zero-order valence-corrected chi connectivity index (χ0v) is 15.3. The van der Waals surface area contributed by atoms with Gasteiger partial charge in [0, 0.05) is 18.1 Å². The number of benzene rings is 1. The van der Waals surface area contributed by atoms with Gasteiger partial charge < -0.3 is 15.0 Å². The summed E-state index contributed by atoms with van der Waals surface area (Å²) < 4.78 is 5.60. The second-order valence-corrected chi connectivity index (χ2v) is 7.30. The molecule has 0 aliphatic heterocycles. The molecule has 0 bridgehead atoms. The monoisotopic (exact) mass is 346 g/mol. The van der Waals surface area contributed by atoms with E-state index < -0.39 is 6.10 Å². The largest absolute Gasteiger partial charge is 0.479 e. The lowest BCUT2D eigenvalue weighted by Gasteiger charge is -2.29. The fourth-order valence-corrected chi connectivity index (χ4v) is 2.65. The first-order valence-electron chi connectivity index (χ1n) is 7.15. The highest BCUT2D eigenvalue weighted by Gasteiger charge is 2.22. The molecule has 22 heavy (non-hydrogen) atoms. The lowest BCUT2D eigenvalue weighted by Crippen LogP contribution is -2.44. The zero-order valence-electron chi connectivity index (χ0n) is 13.7. The van der Waals surface area contributed by atoms with E-state index in [1.807, 2.05) is 14.1 Å². The number of halogens is 2. The number of hydrogen-bond donors (Lipinski definition) is 1. The van der Waals surface area contributed by atoms with Gasteiger partial charge in [-0.25, -0.2) is 0 Å². The minimum Gasteiger partial charge on any atom is -0.479 e. The molecular formula is C16H24Cl2N2O2. The van der Waals surface area contributed by atoms with Crippen LogP contribution < -0.4 is 10.1 Å². The van der Waals surface area contributed by atoms with Gasteiger partial charge in [-0.2, -0.15) is 0 Å². The van der Waals surface area contributed by atoms with Crippen LogP contribution >= 0.6 is 23.2 Å². The molecule has 1 N–H and O–H groups in total. The van der Waals surface area contributed by atoms with Crippen molar-refractivity contribution in [1.82, 2.24) is 10.2 Å². The fourth-order valence-electron chi connectivity index (χ4n) is 2.20. The second kappa shape index (κ2) is 8.04. The van der Waals surface area contributed by atoms with Gasteiger partial charge in [0.15, 0.2) is 6.10 Å². The maximum absolute atomic E-state index is 12.1. The highest BCUT2D eigenvalue weighted by atomic mass is 35.5. The van der Waals surface area contributed by atoms with Crippen LogP contribution in [0.4, 0.5) is 0 Å². The molecule has 1 aromatic rings. The fraction of sp³-hybridized carbons (Fsp3) is 0.562. The molecule has 1 unspecified atom stereocenters. The molecule has 1 aromatic carbocycles. The summed E-state index contributed by atoms with van der Waals surface area (Å²) >= 11 is 11.9. The van der Waals surface area contributed by atoms with Gasteiger partial charge in [0.05, 0.1) is 5.02 Å². The number of amides is 1. The van der Waals surface area contributed by atoms with E-state index in [-0.39, 0.29) is 11.3 Å². The Morgan fingerprint density at radius 1 is 1.36 bits per heavy atom.